The van der Waals surface area contributed by atoms with Crippen LogP contribution in [-0.4, -0.2) is 60.7 Å². The van der Waals surface area contributed by atoms with E-state index in [1.54, 1.807) is 31.2 Å². The summed E-state index contributed by atoms with van der Waals surface area (Å²) in [5.41, 5.74) is 2.47. The summed E-state index contributed by atoms with van der Waals surface area (Å²) in [4.78, 5) is 25.1. The second-order valence-corrected chi connectivity index (χ2v) is 7.94. The number of benzene rings is 1. The first-order valence-corrected chi connectivity index (χ1v) is 9.90. The number of hydrogen-bond acceptors (Lipinski definition) is 5. The molecule has 1 aromatic carbocycles. The zero-order chi connectivity index (χ0) is 21.8. The highest BCUT2D eigenvalue weighted by atomic mass is 35.5. The van der Waals surface area contributed by atoms with E-state index in [1.165, 1.54) is 6.92 Å². The number of aliphatic carboxylic acids is 2. The highest BCUT2D eigenvalue weighted by molar-refractivity contribution is 6.31. The Morgan fingerprint density at radius 3 is 2.41 bits per heavy atom. The summed E-state index contributed by atoms with van der Waals surface area (Å²) in [5.74, 6) is -3.58. The molecule has 162 valence electrons. The third kappa shape index (κ3) is 3.86. The number of alkyl halides is 1. The van der Waals surface area contributed by atoms with Crippen LogP contribution in [0.2, 0.25) is 5.02 Å². The summed E-state index contributed by atoms with van der Waals surface area (Å²) in [6.45, 7) is 2.45. The van der Waals surface area contributed by atoms with Crippen LogP contribution in [0.1, 0.15) is 31.7 Å². The highest BCUT2D eigenvalue weighted by Gasteiger charge is 2.66. The molecule has 1 saturated heterocycles. The number of ether oxygens (including phenoxy) is 1. The molecule has 2 rings (SSSR count). The molecule has 0 bridgehead atoms. The maximum absolute atomic E-state index is 14.1. The van der Waals surface area contributed by atoms with Gasteiger partial charge in [0.25, 0.3) is 0 Å². The Morgan fingerprint density at radius 2 is 1.93 bits per heavy atom. The molecule has 1 fully saturated rings. The van der Waals surface area contributed by atoms with Gasteiger partial charge in [0, 0.05) is 23.5 Å². The van der Waals surface area contributed by atoms with Crippen LogP contribution in [0.3, 0.4) is 0 Å². The number of halogens is 2. The maximum Gasteiger partial charge on any atom is 0.311 e. The molecular formula is C20H28ClFN2O5. The molecule has 0 spiro atoms. The van der Waals surface area contributed by atoms with Gasteiger partial charge in [0.1, 0.15) is 6.67 Å². The number of carboxylic acid groups (broad SMARTS) is 2. The van der Waals surface area contributed by atoms with Gasteiger partial charge in [-0.3, -0.25) is 9.59 Å². The molecule has 9 heteroatoms. The molecule has 1 aliphatic heterocycles. The minimum atomic E-state index is -1.77. The summed E-state index contributed by atoms with van der Waals surface area (Å²) in [7, 11) is 0. The minimum Gasteiger partial charge on any atom is -0.481 e. The topological polar surface area (TPSA) is 122 Å². The zero-order valence-corrected chi connectivity index (χ0v) is 17.3. The quantitative estimate of drug-likeness (QED) is 0.443. The number of nitrogens with one attached hydrogen (secondary N) is 1. The molecular weight excluding hydrogens is 403 g/mol. The van der Waals surface area contributed by atoms with E-state index in [0.29, 0.717) is 5.56 Å². The maximum atomic E-state index is 14.1. The largest absolute Gasteiger partial charge is 0.481 e. The SMILES string of the molecule is CCC1(C(=O)O)C(COCCN)NC(CF)C(C)(C(=O)O)C1c1ccccc1Cl. The van der Waals surface area contributed by atoms with Gasteiger partial charge >= 0.3 is 11.9 Å². The Labute approximate surface area is 174 Å². The van der Waals surface area contributed by atoms with E-state index >= 15 is 0 Å². The van der Waals surface area contributed by atoms with Crippen LogP contribution in [0, 0.1) is 10.8 Å². The van der Waals surface area contributed by atoms with Gasteiger partial charge in [-0.15, -0.1) is 0 Å². The summed E-state index contributed by atoms with van der Waals surface area (Å²) in [5, 5.41) is 23.7. The van der Waals surface area contributed by atoms with E-state index in [0.717, 1.165) is 0 Å². The van der Waals surface area contributed by atoms with Crippen molar-refractivity contribution in [1.29, 1.82) is 0 Å². The smallest absolute Gasteiger partial charge is 0.311 e. The van der Waals surface area contributed by atoms with E-state index in [4.69, 9.17) is 22.1 Å². The van der Waals surface area contributed by atoms with Gasteiger partial charge in [-0.05, 0) is 25.0 Å². The van der Waals surface area contributed by atoms with E-state index in [-0.39, 0.29) is 31.2 Å². The molecule has 7 nitrogen and oxygen atoms in total. The Bertz CT molecular complexity index is 751. The first kappa shape index (κ1) is 23.5. The van der Waals surface area contributed by atoms with Crippen molar-refractivity contribution in [3.8, 4) is 0 Å². The van der Waals surface area contributed by atoms with Crippen LogP contribution < -0.4 is 11.1 Å². The molecule has 29 heavy (non-hydrogen) atoms. The number of rotatable bonds is 9. The van der Waals surface area contributed by atoms with Crippen molar-refractivity contribution in [3.05, 3.63) is 34.9 Å². The lowest BCUT2D eigenvalue weighted by molar-refractivity contribution is -0.175. The Hall–Kier alpha value is -1.74. The van der Waals surface area contributed by atoms with Crippen molar-refractivity contribution in [1.82, 2.24) is 5.32 Å². The molecule has 1 aliphatic rings. The van der Waals surface area contributed by atoms with Crippen molar-refractivity contribution in [2.45, 2.75) is 38.3 Å². The van der Waals surface area contributed by atoms with Gasteiger partial charge in [0.05, 0.1) is 30.1 Å². The molecule has 5 N–H and O–H groups in total. The molecule has 0 aliphatic carbocycles. The molecule has 1 heterocycles. The standard InChI is InChI=1S/C20H28ClFN2O5/c1-3-20(18(27)28)15(11-29-9-8-23)24-14(10-22)19(2,17(25)26)16(20)12-6-4-5-7-13(12)21/h4-7,14-16,24H,3,8-11,23H2,1-2H3,(H,25,26)(H,27,28). The first-order valence-electron chi connectivity index (χ1n) is 9.52. The third-order valence-corrected chi connectivity index (χ3v) is 6.57. The number of piperidine rings is 1. The number of carboxylic acids is 2. The van der Waals surface area contributed by atoms with Crippen LogP contribution >= 0.6 is 11.6 Å². The van der Waals surface area contributed by atoms with Crippen LogP contribution in [0.4, 0.5) is 4.39 Å². The van der Waals surface area contributed by atoms with Gasteiger partial charge in [-0.25, -0.2) is 4.39 Å². The molecule has 5 atom stereocenters. The molecule has 0 saturated carbocycles. The number of carbonyl (C=O) groups is 2. The summed E-state index contributed by atoms with van der Waals surface area (Å²) >= 11 is 6.40. The normalized spacial score (nSPS) is 32.1. The molecule has 0 amide bonds. The summed E-state index contributed by atoms with van der Waals surface area (Å²) < 4.78 is 19.6. The monoisotopic (exact) mass is 430 g/mol. The Balaban J connectivity index is 2.79. The lowest BCUT2D eigenvalue weighted by atomic mass is 9.51. The molecule has 0 aromatic heterocycles. The first-order chi connectivity index (χ1) is 13.7. The summed E-state index contributed by atoms with van der Waals surface area (Å²) in [6, 6.07) is 4.55. The van der Waals surface area contributed by atoms with Crippen LogP contribution in [-0.2, 0) is 14.3 Å². The lowest BCUT2D eigenvalue weighted by Gasteiger charge is -2.56. The predicted molar refractivity (Wildman–Crippen MR) is 107 cm³/mol. The van der Waals surface area contributed by atoms with Gasteiger partial charge in [0.2, 0.25) is 0 Å². The molecule has 5 unspecified atom stereocenters. The average Bonchev–Trinajstić information content (AvgIpc) is 2.69. The highest BCUT2D eigenvalue weighted by Crippen LogP contribution is 2.58. The minimum absolute atomic E-state index is 0.0511. The third-order valence-electron chi connectivity index (χ3n) is 6.22. The van der Waals surface area contributed by atoms with E-state index in [1.807, 2.05) is 0 Å². The molecule has 1 aromatic rings. The van der Waals surface area contributed by atoms with Gasteiger partial charge < -0.3 is 26.0 Å². The van der Waals surface area contributed by atoms with Gasteiger partial charge in [0.15, 0.2) is 0 Å². The number of hydrogen-bond donors (Lipinski definition) is 4. The second kappa shape index (κ2) is 9.38. The molecule has 0 radical (unpaired) electrons. The van der Waals surface area contributed by atoms with Crippen molar-refractivity contribution >= 4 is 23.5 Å². The summed E-state index contributed by atoms with van der Waals surface area (Å²) in [6.07, 6.45) is 0.0871. The van der Waals surface area contributed by atoms with Crippen LogP contribution in [0.15, 0.2) is 24.3 Å². The van der Waals surface area contributed by atoms with Crippen molar-refractivity contribution in [3.63, 3.8) is 0 Å². The second-order valence-electron chi connectivity index (χ2n) is 7.53. The van der Waals surface area contributed by atoms with Gasteiger partial charge in [-0.2, -0.15) is 0 Å². The fraction of sp³-hybridized carbons (Fsp3) is 0.600. The zero-order valence-electron chi connectivity index (χ0n) is 16.5. The van der Waals surface area contributed by atoms with Crippen molar-refractivity contribution < 1.29 is 28.9 Å². The lowest BCUT2D eigenvalue weighted by Crippen LogP contribution is -2.71. The number of nitrogens with two attached hydrogens (primary N) is 1. The van der Waals surface area contributed by atoms with Crippen molar-refractivity contribution in [2.24, 2.45) is 16.6 Å². The Morgan fingerprint density at radius 1 is 1.28 bits per heavy atom. The fourth-order valence-corrected chi connectivity index (χ4v) is 4.89. The average molecular weight is 431 g/mol. The van der Waals surface area contributed by atoms with Crippen LogP contribution in [0.25, 0.3) is 0 Å². The predicted octanol–water partition coefficient (Wildman–Crippen LogP) is 2.28. The van der Waals surface area contributed by atoms with Crippen molar-refractivity contribution in [2.75, 3.05) is 26.4 Å². The van der Waals surface area contributed by atoms with E-state index in [9.17, 15) is 24.2 Å². The van der Waals surface area contributed by atoms with E-state index in [2.05, 4.69) is 5.32 Å². The van der Waals surface area contributed by atoms with Crippen LogP contribution in [0.5, 0.6) is 0 Å². The fourth-order valence-electron chi connectivity index (χ4n) is 4.64. The Kier molecular flexibility index (Phi) is 7.62. The van der Waals surface area contributed by atoms with E-state index < -0.39 is 47.4 Å². The van der Waals surface area contributed by atoms with Gasteiger partial charge in [-0.1, -0.05) is 36.7 Å².